The Kier molecular flexibility index (Phi) is 4.06. The summed E-state index contributed by atoms with van der Waals surface area (Å²) in [4.78, 5) is 15.1. The van der Waals surface area contributed by atoms with E-state index in [1.54, 1.807) is 24.7 Å². The quantitative estimate of drug-likeness (QED) is 0.915. The smallest absolute Gasteiger partial charge is 0.339 e. The highest BCUT2D eigenvalue weighted by Gasteiger charge is 2.12. The van der Waals surface area contributed by atoms with Crippen molar-refractivity contribution >= 4 is 17.6 Å². The van der Waals surface area contributed by atoms with Crippen LogP contribution in [0.5, 0.6) is 5.75 Å². The van der Waals surface area contributed by atoms with Crippen LogP contribution < -0.4 is 4.74 Å². The van der Waals surface area contributed by atoms with Crippen molar-refractivity contribution in [2.24, 2.45) is 0 Å². The molecule has 1 aromatic heterocycles. The normalized spacial score (nSPS) is 10.4. The minimum atomic E-state index is -1.07. The lowest BCUT2D eigenvalue weighted by molar-refractivity contribution is 0.0691. The first-order chi connectivity index (χ1) is 9.11. The number of aromatic carboxylic acids is 1. The lowest BCUT2D eigenvalue weighted by atomic mass is 10.2. The molecule has 1 N–H and O–H groups in total. The van der Waals surface area contributed by atoms with Gasteiger partial charge >= 0.3 is 5.97 Å². The second-order valence-electron chi connectivity index (χ2n) is 3.91. The van der Waals surface area contributed by atoms with Crippen LogP contribution >= 0.6 is 11.6 Å². The third kappa shape index (κ3) is 3.06. The van der Waals surface area contributed by atoms with Gasteiger partial charge in [0.1, 0.15) is 17.9 Å². The van der Waals surface area contributed by atoms with Gasteiger partial charge in [-0.3, -0.25) is 0 Å². The third-order valence-corrected chi connectivity index (χ3v) is 2.92. The van der Waals surface area contributed by atoms with Crippen LogP contribution in [0.3, 0.4) is 0 Å². The standard InChI is InChI=1S/C13H13ClN2O3/c1-2-16-8-15-6-10(16)7-19-12-4-3-9(14)5-11(12)13(17)18/h3-6,8H,2,7H2,1H3,(H,17,18). The van der Waals surface area contributed by atoms with Gasteiger partial charge in [-0.1, -0.05) is 11.6 Å². The summed E-state index contributed by atoms with van der Waals surface area (Å²) in [5, 5.41) is 9.46. The SMILES string of the molecule is CCn1cncc1COc1ccc(Cl)cc1C(=O)O. The molecule has 100 valence electrons. The van der Waals surface area contributed by atoms with E-state index in [0.29, 0.717) is 10.8 Å². The molecule has 0 fully saturated rings. The van der Waals surface area contributed by atoms with Crippen LogP contribution in [-0.4, -0.2) is 20.6 Å². The van der Waals surface area contributed by atoms with Gasteiger partial charge in [0.15, 0.2) is 0 Å². The first-order valence-corrected chi connectivity index (χ1v) is 6.14. The zero-order chi connectivity index (χ0) is 13.8. The highest BCUT2D eigenvalue weighted by Crippen LogP contribution is 2.23. The number of hydrogen-bond donors (Lipinski definition) is 1. The van der Waals surface area contributed by atoms with Crippen molar-refractivity contribution in [3.8, 4) is 5.75 Å². The highest BCUT2D eigenvalue weighted by molar-refractivity contribution is 6.31. The van der Waals surface area contributed by atoms with Gasteiger partial charge < -0.3 is 14.4 Å². The number of hydrogen-bond acceptors (Lipinski definition) is 3. The van der Waals surface area contributed by atoms with E-state index in [-0.39, 0.29) is 12.2 Å². The van der Waals surface area contributed by atoms with Crippen molar-refractivity contribution in [2.75, 3.05) is 0 Å². The largest absolute Gasteiger partial charge is 0.486 e. The number of ether oxygens (including phenoxy) is 1. The Morgan fingerprint density at radius 2 is 2.32 bits per heavy atom. The van der Waals surface area contributed by atoms with Crippen molar-refractivity contribution < 1.29 is 14.6 Å². The van der Waals surface area contributed by atoms with Gasteiger partial charge in [0.25, 0.3) is 0 Å². The van der Waals surface area contributed by atoms with Gasteiger partial charge in [0, 0.05) is 11.6 Å². The Morgan fingerprint density at radius 3 is 3.00 bits per heavy atom. The second-order valence-corrected chi connectivity index (χ2v) is 4.34. The van der Waals surface area contributed by atoms with Crippen LogP contribution in [0.15, 0.2) is 30.7 Å². The number of aryl methyl sites for hydroxylation is 1. The summed E-state index contributed by atoms with van der Waals surface area (Å²) in [6, 6.07) is 4.52. The van der Waals surface area contributed by atoms with Gasteiger partial charge in [-0.05, 0) is 25.1 Å². The average Bonchev–Trinajstić information content (AvgIpc) is 2.84. The van der Waals surface area contributed by atoms with E-state index >= 15 is 0 Å². The highest BCUT2D eigenvalue weighted by atomic mass is 35.5. The molecule has 2 rings (SSSR count). The van der Waals surface area contributed by atoms with E-state index in [1.165, 1.54) is 6.07 Å². The van der Waals surface area contributed by atoms with Gasteiger partial charge in [0.05, 0.1) is 18.2 Å². The predicted molar refractivity (Wildman–Crippen MR) is 70.6 cm³/mol. The first kappa shape index (κ1) is 13.4. The summed E-state index contributed by atoms with van der Waals surface area (Å²) >= 11 is 5.78. The summed E-state index contributed by atoms with van der Waals surface area (Å²) in [5.41, 5.74) is 0.934. The van der Waals surface area contributed by atoms with Gasteiger partial charge in [-0.25, -0.2) is 9.78 Å². The molecule has 0 spiro atoms. The van der Waals surface area contributed by atoms with E-state index < -0.39 is 5.97 Å². The summed E-state index contributed by atoms with van der Waals surface area (Å²) in [6.07, 6.45) is 3.40. The Hall–Kier alpha value is -2.01. The molecule has 2 aromatic rings. The third-order valence-electron chi connectivity index (χ3n) is 2.69. The zero-order valence-corrected chi connectivity index (χ0v) is 11.1. The van der Waals surface area contributed by atoms with Crippen molar-refractivity contribution in [2.45, 2.75) is 20.1 Å². The van der Waals surface area contributed by atoms with Gasteiger partial charge in [-0.15, -0.1) is 0 Å². The Morgan fingerprint density at radius 1 is 1.53 bits per heavy atom. The Labute approximate surface area is 115 Å². The fraction of sp³-hybridized carbons (Fsp3) is 0.231. The molecule has 19 heavy (non-hydrogen) atoms. The van der Waals surface area contributed by atoms with Crippen LogP contribution in [0, 0.1) is 0 Å². The molecule has 1 aromatic carbocycles. The monoisotopic (exact) mass is 280 g/mol. The molecular formula is C13H13ClN2O3. The zero-order valence-electron chi connectivity index (χ0n) is 10.3. The minimum absolute atomic E-state index is 0.0510. The maximum atomic E-state index is 11.1. The fourth-order valence-corrected chi connectivity index (χ4v) is 1.87. The minimum Gasteiger partial charge on any atom is -0.486 e. The maximum absolute atomic E-state index is 11.1. The molecule has 0 atom stereocenters. The molecule has 0 aliphatic carbocycles. The molecule has 0 bridgehead atoms. The van der Waals surface area contributed by atoms with E-state index in [2.05, 4.69) is 4.98 Å². The molecule has 0 saturated carbocycles. The lowest BCUT2D eigenvalue weighted by Gasteiger charge is -2.10. The number of aromatic nitrogens is 2. The van der Waals surface area contributed by atoms with Crippen LogP contribution in [0.4, 0.5) is 0 Å². The van der Waals surface area contributed by atoms with Crippen LogP contribution in [-0.2, 0) is 13.2 Å². The Balaban J connectivity index is 2.18. The molecule has 0 aliphatic heterocycles. The number of rotatable bonds is 5. The van der Waals surface area contributed by atoms with Gasteiger partial charge in [0.2, 0.25) is 0 Å². The van der Waals surface area contributed by atoms with E-state index in [9.17, 15) is 4.79 Å². The topological polar surface area (TPSA) is 64.4 Å². The maximum Gasteiger partial charge on any atom is 0.339 e. The summed E-state index contributed by atoms with van der Waals surface area (Å²) in [5.74, 6) is -0.776. The molecule has 0 saturated heterocycles. The summed E-state index contributed by atoms with van der Waals surface area (Å²) < 4.78 is 7.47. The van der Waals surface area contributed by atoms with Crippen LogP contribution in [0.25, 0.3) is 0 Å². The lowest BCUT2D eigenvalue weighted by Crippen LogP contribution is -2.06. The molecule has 0 radical (unpaired) electrons. The number of nitrogens with zero attached hydrogens (tertiary/aromatic N) is 2. The van der Waals surface area contributed by atoms with Crippen molar-refractivity contribution in [1.29, 1.82) is 0 Å². The molecule has 0 amide bonds. The molecule has 0 unspecified atom stereocenters. The summed E-state index contributed by atoms with van der Waals surface area (Å²) in [7, 11) is 0. The summed E-state index contributed by atoms with van der Waals surface area (Å²) in [6.45, 7) is 3.04. The Bertz CT molecular complexity index is 595. The number of benzene rings is 1. The van der Waals surface area contributed by atoms with Crippen LogP contribution in [0.1, 0.15) is 23.0 Å². The molecule has 0 aliphatic rings. The number of carbonyl (C=O) groups is 1. The molecule has 6 heteroatoms. The number of imidazole rings is 1. The van der Waals surface area contributed by atoms with Crippen molar-refractivity contribution in [3.05, 3.63) is 47.0 Å². The molecular weight excluding hydrogens is 268 g/mol. The number of carboxylic acids is 1. The van der Waals surface area contributed by atoms with Crippen LogP contribution in [0.2, 0.25) is 5.02 Å². The van der Waals surface area contributed by atoms with Crippen molar-refractivity contribution in [3.63, 3.8) is 0 Å². The molecule has 1 heterocycles. The van der Waals surface area contributed by atoms with E-state index in [4.69, 9.17) is 21.4 Å². The molecule has 5 nitrogen and oxygen atoms in total. The van der Waals surface area contributed by atoms with Gasteiger partial charge in [-0.2, -0.15) is 0 Å². The predicted octanol–water partition coefficient (Wildman–Crippen LogP) is 2.83. The first-order valence-electron chi connectivity index (χ1n) is 5.76. The fourth-order valence-electron chi connectivity index (χ4n) is 1.70. The second kappa shape index (κ2) is 5.75. The number of halogens is 1. The van der Waals surface area contributed by atoms with E-state index in [0.717, 1.165) is 12.2 Å². The number of carboxylic acid groups (broad SMARTS) is 1. The van der Waals surface area contributed by atoms with E-state index in [1.807, 2.05) is 11.5 Å². The van der Waals surface area contributed by atoms with Crippen molar-refractivity contribution in [1.82, 2.24) is 9.55 Å². The average molecular weight is 281 g/mol.